The van der Waals surface area contributed by atoms with Gasteiger partial charge in [0.1, 0.15) is 0 Å². The third-order valence-electron chi connectivity index (χ3n) is 1.35. The highest BCUT2D eigenvalue weighted by Gasteiger charge is 1.93. The first-order valence-corrected chi connectivity index (χ1v) is 4.15. The van der Waals surface area contributed by atoms with Gasteiger partial charge in [-0.15, -0.1) is 0 Å². The summed E-state index contributed by atoms with van der Waals surface area (Å²) in [5.41, 5.74) is 2.44. The van der Waals surface area contributed by atoms with E-state index in [1.165, 1.54) is 11.1 Å². The number of rotatable bonds is 1. The summed E-state index contributed by atoms with van der Waals surface area (Å²) < 4.78 is 0. The van der Waals surface area contributed by atoms with Gasteiger partial charge in [0.2, 0.25) is 0 Å². The molecule has 0 aromatic heterocycles. The van der Waals surface area contributed by atoms with Crippen LogP contribution in [0.25, 0.3) is 0 Å². The van der Waals surface area contributed by atoms with Crippen molar-refractivity contribution in [2.45, 2.75) is 13.8 Å². The molecular formula is C8H10OSi. The highest BCUT2D eigenvalue weighted by atomic mass is 28.2. The molecule has 1 nitrogen and oxygen atoms in total. The van der Waals surface area contributed by atoms with Gasteiger partial charge in [-0.05, 0) is 19.0 Å². The second kappa shape index (κ2) is 2.99. The fraction of sp³-hybridized carbons (Fsp3) is 0.250. The molecule has 2 heteroatoms. The lowest BCUT2D eigenvalue weighted by Crippen LogP contribution is -2.13. The van der Waals surface area contributed by atoms with Gasteiger partial charge in [-0.25, -0.2) is 0 Å². The van der Waals surface area contributed by atoms with Crippen LogP contribution >= 0.6 is 0 Å². The van der Waals surface area contributed by atoms with Crippen molar-refractivity contribution in [3.05, 3.63) is 29.3 Å². The van der Waals surface area contributed by atoms with Crippen LogP contribution < -0.4 is 5.19 Å². The smallest absolute Gasteiger partial charge is 0.265 e. The highest BCUT2D eigenvalue weighted by Crippen LogP contribution is 1.98. The molecule has 10 heavy (non-hydrogen) atoms. The lowest BCUT2D eigenvalue weighted by atomic mass is 10.2. The van der Waals surface area contributed by atoms with Gasteiger partial charge < -0.3 is 4.80 Å². The van der Waals surface area contributed by atoms with Crippen molar-refractivity contribution in [1.29, 1.82) is 0 Å². The second-order valence-electron chi connectivity index (χ2n) is 2.49. The van der Waals surface area contributed by atoms with Gasteiger partial charge in [0, 0.05) is 0 Å². The van der Waals surface area contributed by atoms with E-state index in [1.54, 1.807) is 0 Å². The summed E-state index contributed by atoms with van der Waals surface area (Å²) in [7, 11) is -0.0772. The van der Waals surface area contributed by atoms with Gasteiger partial charge in [0.05, 0.1) is 0 Å². The maximum absolute atomic E-state index is 8.81. The average Bonchev–Trinajstić information content (AvgIpc) is 1.85. The molecule has 52 valence electrons. The molecule has 1 N–H and O–H groups in total. The van der Waals surface area contributed by atoms with Gasteiger partial charge >= 0.3 is 0 Å². The third kappa shape index (κ3) is 1.69. The minimum atomic E-state index is -0.0772. The molecule has 0 unspecified atom stereocenters. The van der Waals surface area contributed by atoms with Crippen LogP contribution in [-0.4, -0.2) is 14.6 Å². The first-order chi connectivity index (χ1) is 4.72. The molecule has 1 aromatic carbocycles. The summed E-state index contributed by atoms with van der Waals surface area (Å²) >= 11 is 0. The van der Waals surface area contributed by atoms with Crippen LogP contribution in [0.3, 0.4) is 0 Å². The molecule has 1 rings (SSSR count). The number of benzene rings is 1. The van der Waals surface area contributed by atoms with Crippen LogP contribution in [0.2, 0.25) is 0 Å². The Kier molecular flexibility index (Phi) is 2.24. The van der Waals surface area contributed by atoms with Gasteiger partial charge in [-0.3, -0.25) is 0 Å². The third-order valence-corrected chi connectivity index (χ3v) is 1.90. The summed E-state index contributed by atoms with van der Waals surface area (Å²) in [4.78, 5) is 8.81. The van der Waals surface area contributed by atoms with E-state index in [9.17, 15) is 0 Å². The molecule has 0 aliphatic rings. The SMILES string of the molecule is Cc1cc(C)cc([Si]O)c1. The zero-order valence-electron chi connectivity index (χ0n) is 6.18. The fourth-order valence-electron chi connectivity index (χ4n) is 1.04. The summed E-state index contributed by atoms with van der Waals surface area (Å²) in [6, 6.07) is 6.11. The zero-order chi connectivity index (χ0) is 7.56. The van der Waals surface area contributed by atoms with Gasteiger partial charge in [0.15, 0.2) is 0 Å². The lowest BCUT2D eigenvalue weighted by molar-refractivity contribution is 0.615. The minimum Gasteiger partial charge on any atom is -0.428 e. The van der Waals surface area contributed by atoms with Crippen molar-refractivity contribution < 1.29 is 4.80 Å². The lowest BCUT2D eigenvalue weighted by Gasteiger charge is -1.98. The molecule has 2 radical (unpaired) electrons. The Morgan fingerprint density at radius 2 is 1.60 bits per heavy atom. The van der Waals surface area contributed by atoms with Crippen molar-refractivity contribution in [1.82, 2.24) is 0 Å². The Morgan fingerprint density at radius 1 is 1.10 bits per heavy atom. The normalized spacial score (nSPS) is 9.90. The maximum atomic E-state index is 8.81. The largest absolute Gasteiger partial charge is 0.428 e. The van der Waals surface area contributed by atoms with E-state index in [2.05, 4.69) is 6.07 Å². The van der Waals surface area contributed by atoms with E-state index in [4.69, 9.17) is 4.80 Å². The van der Waals surface area contributed by atoms with E-state index >= 15 is 0 Å². The van der Waals surface area contributed by atoms with Crippen LogP contribution in [0.15, 0.2) is 18.2 Å². The first-order valence-electron chi connectivity index (χ1n) is 3.21. The Morgan fingerprint density at radius 3 is 2.00 bits per heavy atom. The van der Waals surface area contributed by atoms with Crippen molar-refractivity contribution >= 4 is 14.9 Å². The van der Waals surface area contributed by atoms with E-state index in [0.717, 1.165) is 5.19 Å². The second-order valence-corrected chi connectivity index (χ2v) is 3.29. The molecule has 0 saturated heterocycles. The number of aryl methyl sites for hydroxylation is 2. The van der Waals surface area contributed by atoms with E-state index in [0.29, 0.717) is 0 Å². The predicted molar refractivity (Wildman–Crippen MR) is 43.5 cm³/mol. The topological polar surface area (TPSA) is 20.2 Å². The minimum absolute atomic E-state index is 0.0772. The molecule has 0 heterocycles. The standard InChI is InChI=1S/C8H10OSi/c1-6-3-7(2)5-8(4-6)10-9/h3-5,9H,1-2H3. The quantitative estimate of drug-likeness (QED) is 0.579. The van der Waals surface area contributed by atoms with Crippen molar-refractivity contribution in [3.63, 3.8) is 0 Å². The monoisotopic (exact) mass is 150 g/mol. The Labute approximate surface area is 63.7 Å². The first kappa shape index (κ1) is 7.50. The Hall–Kier alpha value is -0.603. The van der Waals surface area contributed by atoms with Crippen LogP contribution in [0.1, 0.15) is 11.1 Å². The molecule has 0 aliphatic carbocycles. The van der Waals surface area contributed by atoms with E-state index in [1.807, 2.05) is 26.0 Å². The predicted octanol–water partition coefficient (Wildman–Crippen LogP) is 0.540. The molecular weight excluding hydrogens is 140 g/mol. The molecule has 0 spiro atoms. The van der Waals surface area contributed by atoms with Crippen LogP contribution in [0.4, 0.5) is 0 Å². The van der Waals surface area contributed by atoms with Gasteiger partial charge in [-0.1, -0.05) is 29.3 Å². The Bertz CT molecular complexity index is 212. The summed E-state index contributed by atoms with van der Waals surface area (Å²) in [5, 5.41) is 1.03. The van der Waals surface area contributed by atoms with Crippen LogP contribution in [-0.2, 0) is 0 Å². The summed E-state index contributed by atoms with van der Waals surface area (Å²) in [5.74, 6) is 0. The number of hydrogen-bond acceptors (Lipinski definition) is 1. The fourth-order valence-corrected chi connectivity index (χ4v) is 1.62. The highest BCUT2D eigenvalue weighted by molar-refractivity contribution is 6.45. The summed E-state index contributed by atoms with van der Waals surface area (Å²) in [6.45, 7) is 4.08. The molecule has 0 fully saturated rings. The molecule has 0 amide bonds. The Balaban J connectivity index is 3.06. The van der Waals surface area contributed by atoms with Crippen LogP contribution in [0.5, 0.6) is 0 Å². The van der Waals surface area contributed by atoms with Gasteiger partial charge in [0.25, 0.3) is 9.76 Å². The van der Waals surface area contributed by atoms with Crippen LogP contribution in [0, 0.1) is 13.8 Å². The molecule has 0 atom stereocenters. The van der Waals surface area contributed by atoms with Crippen molar-refractivity contribution in [2.75, 3.05) is 0 Å². The van der Waals surface area contributed by atoms with E-state index in [-0.39, 0.29) is 9.76 Å². The van der Waals surface area contributed by atoms with Crippen molar-refractivity contribution in [2.24, 2.45) is 0 Å². The molecule has 0 saturated carbocycles. The molecule has 1 aromatic rings. The zero-order valence-corrected chi connectivity index (χ0v) is 7.18. The van der Waals surface area contributed by atoms with Gasteiger partial charge in [-0.2, -0.15) is 0 Å². The maximum Gasteiger partial charge on any atom is 0.265 e. The van der Waals surface area contributed by atoms with Crippen molar-refractivity contribution in [3.8, 4) is 0 Å². The molecule has 0 bridgehead atoms. The number of hydrogen-bond donors (Lipinski definition) is 1. The molecule has 0 aliphatic heterocycles. The van der Waals surface area contributed by atoms with E-state index < -0.39 is 0 Å². The average molecular weight is 150 g/mol. The summed E-state index contributed by atoms with van der Waals surface area (Å²) in [6.07, 6.45) is 0.